The average Bonchev–Trinajstić information content (AvgIpc) is 3.70. The number of aliphatic carboxylic acids is 4. The molecule has 4 heterocycles. The van der Waals surface area contributed by atoms with E-state index in [1.807, 2.05) is 11.0 Å². The molecule has 3 fully saturated rings. The lowest BCUT2D eigenvalue weighted by Gasteiger charge is -2.42. The monoisotopic (exact) mass is 1140 g/mol. The van der Waals surface area contributed by atoms with Crippen molar-refractivity contribution in [2.45, 2.75) is 62.7 Å². The first-order valence-electron chi connectivity index (χ1n) is 26.7. The molecule has 440 valence electrons. The molecule has 3 amide bonds. The van der Waals surface area contributed by atoms with E-state index in [0.29, 0.717) is 49.5 Å². The van der Waals surface area contributed by atoms with Gasteiger partial charge in [0.05, 0.1) is 55.0 Å². The SMILES string of the molecule is CCOc1ccccc1-c1ncc(C2(C(=O)N[C@@H]3CCN(CCNC(=O)CC[C@@H](NC(=O)CN4CCN(CC(=O)O)CCN(CC(=O)O)CCN(CC(=O)O)CC4)C(=O)O)C3)CCN(c3ccc(C(F)(F)F)cc3C#N)CC2)cc1F. The fourth-order valence-electron chi connectivity index (χ4n) is 10.4. The Morgan fingerprint density at radius 3 is 1.89 bits per heavy atom. The van der Waals surface area contributed by atoms with Gasteiger partial charge in [0.1, 0.15) is 29.4 Å². The lowest BCUT2D eigenvalue weighted by molar-refractivity contribution is -0.142. The Hall–Kier alpha value is -7.51. The number of likely N-dealkylation sites (tertiary alicyclic amines) is 1. The molecule has 3 aliphatic heterocycles. The van der Waals surface area contributed by atoms with Crippen molar-refractivity contribution < 1.29 is 76.3 Å². The number of carbonyl (C=O) groups is 7. The van der Waals surface area contributed by atoms with Crippen LogP contribution in [-0.4, -0.2) is 228 Å². The summed E-state index contributed by atoms with van der Waals surface area (Å²) >= 11 is 0. The molecule has 0 unspecified atom stereocenters. The number of piperidine rings is 1. The van der Waals surface area contributed by atoms with Gasteiger partial charge in [-0.05, 0) is 74.6 Å². The number of amides is 3. The van der Waals surface area contributed by atoms with Crippen molar-refractivity contribution in [3.63, 3.8) is 0 Å². The lowest BCUT2D eigenvalue weighted by atomic mass is 9.72. The molecule has 7 N–H and O–H groups in total. The molecule has 3 aliphatic rings. The first-order valence-corrected chi connectivity index (χ1v) is 26.7. The van der Waals surface area contributed by atoms with Crippen molar-refractivity contribution in [1.82, 2.24) is 45.4 Å². The summed E-state index contributed by atoms with van der Waals surface area (Å²) in [5.41, 5.74) is -1.51. The molecule has 1 aromatic heterocycles. The molecular weight excluding hydrogens is 1070 g/mol. The highest BCUT2D eigenvalue weighted by Crippen LogP contribution is 2.41. The number of benzene rings is 2. The van der Waals surface area contributed by atoms with Crippen LogP contribution < -0.4 is 25.6 Å². The fraction of sp³-hybridized carbons (Fsp3) is 0.537. The minimum atomic E-state index is -4.67. The largest absolute Gasteiger partial charge is 0.493 e. The van der Waals surface area contributed by atoms with E-state index in [9.17, 15) is 72.4 Å². The van der Waals surface area contributed by atoms with E-state index in [1.54, 1.807) is 55.7 Å². The number of carboxylic acids is 4. The third-order valence-corrected chi connectivity index (χ3v) is 14.7. The zero-order valence-corrected chi connectivity index (χ0v) is 45.0. The molecule has 27 heteroatoms. The zero-order chi connectivity index (χ0) is 58.9. The Morgan fingerprint density at radius 1 is 0.778 bits per heavy atom. The number of nitrogens with one attached hydrogen (secondary N) is 3. The predicted molar refractivity (Wildman–Crippen MR) is 284 cm³/mol. The molecule has 3 saturated heterocycles. The number of rotatable bonds is 23. The summed E-state index contributed by atoms with van der Waals surface area (Å²) in [7, 11) is 0. The maximum absolute atomic E-state index is 16.3. The van der Waals surface area contributed by atoms with Crippen LogP contribution in [0, 0.1) is 17.1 Å². The summed E-state index contributed by atoms with van der Waals surface area (Å²) in [6, 6.07) is 11.1. The lowest BCUT2D eigenvalue weighted by Crippen LogP contribution is -2.54. The number of anilines is 1. The van der Waals surface area contributed by atoms with Gasteiger partial charge in [-0.2, -0.15) is 18.4 Å². The highest BCUT2D eigenvalue weighted by atomic mass is 19.4. The van der Waals surface area contributed by atoms with Crippen LogP contribution in [0.2, 0.25) is 0 Å². The van der Waals surface area contributed by atoms with Crippen molar-refractivity contribution in [3.8, 4) is 23.1 Å². The Balaban J connectivity index is 1.03. The highest BCUT2D eigenvalue weighted by Gasteiger charge is 2.45. The second-order valence-corrected chi connectivity index (χ2v) is 20.3. The number of nitriles is 1. The van der Waals surface area contributed by atoms with Gasteiger partial charge >= 0.3 is 30.1 Å². The van der Waals surface area contributed by atoms with E-state index in [-0.39, 0.29) is 147 Å². The quantitative estimate of drug-likeness (QED) is 0.0667. The molecule has 3 aromatic rings. The molecule has 81 heavy (non-hydrogen) atoms. The standard InChI is InChI=1S/C54H69F4N11O12/c1-2-81-44-6-4-3-5-40(44)50-41(55)28-38(30-61-50)53(12-16-69(17-13-53)43-9-7-37(54(56,57)58)27-36(43)29-59)52(80)62-39-11-15-64(31-39)18-14-60-45(70)10-8-42(51(78)79)63-46(71)32-65-19-21-66(33-47(72)73)23-25-68(35-49(76)77)26-24-67(22-20-65)34-48(74)75/h3-7,9,27-28,30,39,42H,2,8,10-26,31-35H2,1H3,(H,60,70)(H,62,80)(H,63,71)(H,72,73)(H,74,75)(H,76,77)(H,78,79)/t39-,42-/m1/s1. The van der Waals surface area contributed by atoms with Crippen LogP contribution in [0.5, 0.6) is 5.75 Å². The van der Waals surface area contributed by atoms with E-state index in [1.165, 1.54) is 18.3 Å². The first kappa shape index (κ1) is 62.7. The zero-order valence-electron chi connectivity index (χ0n) is 45.0. The van der Waals surface area contributed by atoms with Crippen LogP contribution in [0.3, 0.4) is 0 Å². The maximum atomic E-state index is 16.3. The van der Waals surface area contributed by atoms with Gasteiger partial charge in [-0.3, -0.25) is 58.3 Å². The first-order chi connectivity index (χ1) is 38.6. The third-order valence-electron chi connectivity index (χ3n) is 14.7. The minimum absolute atomic E-state index is 0.0130. The van der Waals surface area contributed by atoms with E-state index in [0.717, 1.165) is 12.1 Å². The molecule has 0 saturated carbocycles. The van der Waals surface area contributed by atoms with E-state index < -0.39 is 70.6 Å². The molecule has 2 atom stereocenters. The van der Waals surface area contributed by atoms with Crippen molar-refractivity contribution in [1.29, 1.82) is 5.26 Å². The average molecular weight is 1140 g/mol. The van der Waals surface area contributed by atoms with Crippen molar-refractivity contribution in [2.75, 3.05) is 129 Å². The predicted octanol–water partition coefficient (Wildman–Crippen LogP) is 1.85. The second kappa shape index (κ2) is 29.3. The minimum Gasteiger partial charge on any atom is -0.493 e. The van der Waals surface area contributed by atoms with Gasteiger partial charge in [-0.15, -0.1) is 0 Å². The number of halogens is 4. The highest BCUT2D eigenvalue weighted by molar-refractivity contribution is 5.89. The summed E-state index contributed by atoms with van der Waals surface area (Å²) in [6.45, 7) is 3.64. The summed E-state index contributed by atoms with van der Waals surface area (Å²) in [6.07, 6.45) is -3.03. The summed E-state index contributed by atoms with van der Waals surface area (Å²) in [5.74, 6) is -6.60. The second-order valence-electron chi connectivity index (χ2n) is 20.3. The Labute approximate surface area is 465 Å². The number of alkyl halides is 3. The van der Waals surface area contributed by atoms with Gasteiger partial charge in [0.15, 0.2) is 0 Å². The summed E-state index contributed by atoms with van der Waals surface area (Å²) < 4.78 is 62.7. The molecule has 6 rings (SSSR count). The molecule has 0 radical (unpaired) electrons. The number of nitrogens with zero attached hydrogens (tertiary/aromatic N) is 8. The maximum Gasteiger partial charge on any atom is 0.416 e. The van der Waals surface area contributed by atoms with Crippen molar-refractivity contribution >= 4 is 47.3 Å². The van der Waals surface area contributed by atoms with Crippen LogP contribution in [0.4, 0.5) is 23.2 Å². The van der Waals surface area contributed by atoms with Gasteiger partial charge in [-0.25, -0.2) is 9.18 Å². The third kappa shape index (κ3) is 18.2. The molecule has 0 bridgehead atoms. The number of hydrogen-bond acceptors (Lipinski definition) is 16. The molecule has 23 nitrogen and oxygen atoms in total. The number of para-hydroxylation sites is 1. The van der Waals surface area contributed by atoms with Gasteiger partial charge < -0.3 is 46.0 Å². The smallest absolute Gasteiger partial charge is 0.416 e. The Morgan fingerprint density at radius 2 is 1.36 bits per heavy atom. The van der Waals surface area contributed by atoms with Crippen LogP contribution >= 0.6 is 0 Å². The van der Waals surface area contributed by atoms with Gasteiger partial charge in [-0.1, -0.05) is 12.1 Å². The number of pyridine rings is 1. The van der Waals surface area contributed by atoms with Crippen LogP contribution in [-0.2, 0) is 45.2 Å². The molecule has 0 spiro atoms. The number of hydrogen-bond donors (Lipinski definition) is 7. The van der Waals surface area contributed by atoms with E-state index in [4.69, 9.17) is 4.74 Å². The number of ether oxygens (including phenoxy) is 1. The van der Waals surface area contributed by atoms with Gasteiger partial charge in [0.25, 0.3) is 0 Å². The fourth-order valence-corrected chi connectivity index (χ4v) is 10.4. The van der Waals surface area contributed by atoms with Crippen molar-refractivity contribution in [3.05, 3.63) is 77.2 Å². The Bertz CT molecular complexity index is 2730. The molecule has 0 aliphatic carbocycles. The number of aromatic nitrogens is 1. The normalized spacial score (nSPS) is 18.6. The number of carbonyl (C=O) groups excluding carboxylic acids is 3. The van der Waals surface area contributed by atoms with Crippen LogP contribution in [0.1, 0.15) is 55.7 Å². The van der Waals surface area contributed by atoms with Crippen LogP contribution in [0.15, 0.2) is 54.7 Å². The van der Waals surface area contributed by atoms with E-state index in [2.05, 4.69) is 20.9 Å². The molecular formula is C54H69F4N11O12. The summed E-state index contributed by atoms with van der Waals surface area (Å²) in [4.78, 5) is 103. The number of carboxylic acid groups (broad SMARTS) is 4. The summed E-state index contributed by atoms with van der Waals surface area (Å²) in [5, 5.41) is 56.7. The topological polar surface area (TPSA) is 302 Å². The molecule has 2 aromatic carbocycles. The van der Waals surface area contributed by atoms with E-state index >= 15 is 4.39 Å². The van der Waals surface area contributed by atoms with Gasteiger partial charge in [0, 0.05) is 116 Å². The Kier molecular flexibility index (Phi) is 22.7. The van der Waals surface area contributed by atoms with Crippen molar-refractivity contribution in [2.24, 2.45) is 0 Å². The van der Waals surface area contributed by atoms with Gasteiger partial charge in [0.2, 0.25) is 17.7 Å². The van der Waals surface area contributed by atoms with Crippen LogP contribution in [0.25, 0.3) is 11.3 Å².